The molecule has 0 saturated heterocycles. The van der Waals surface area contributed by atoms with E-state index in [1.54, 1.807) is 0 Å². The van der Waals surface area contributed by atoms with E-state index in [9.17, 15) is 13.2 Å². The number of pyridine rings is 1. The van der Waals surface area contributed by atoms with Crippen LogP contribution in [0.1, 0.15) is 25.1 Å². The zero-order valence-corrected chi connectivity index (χ0v) is 7.89. The summed E-state index contributed by atoms with van der Waals surface area (Å²) in [5, 5.41) is 0. The molecule has 0 saturated carbocycles. The van der Waals surface area contributed by atoms with Gasteiger partial charge in [0.25, 0.3) is 0 Å². The van der Waals surface area contributed by atoms with E-state index in [0.717, 1.165) is 6.20 Å². The number of nitrogens with two attached hydrogens (primary N) is 1. The predicted molar refractivity (Wildman–Crippen MR) is 46.5 cm³/mol. The van der Waals surface area contributed by atoms with Gasteiger partial charge in [0.1, 0.15) is 5.69 Å². The van der Waals surface area contributed by atoms with E-state index in [0.29, 0.717) is 0 Å². The van der Waals surface area contributed by atoms with Gasteiger partial charge in [0.2, 0.25) is 0 Å². The molecule has 2 nitrogen and oxygen atoms in total. The molecule has 1 heterocycles. The Morgan fingerprint density at radius 3 is 2.21 bits per heavy atom. The Morgan fingerprint density at radius 1 is 1.29 bits per heavy atom. The van der Waals surface area contributed by atoms with Crippen LogP contribution in [0.5, 0.6) is 0 Å². The van der Waals surface area contributed by atoms with Gasteiger partial charge in [0, 0.05) is 17.3 Å². The maximum atomic E-state index is 12.5. The number of hydrogen-bond donors (Lipinski definition) is 1. The number of hydrogen-bond acceptors (Lipinski definition) is 2. The summed E-state index contributed by atoms with van der Waals surface area (Å²) in [5.74, 6) is 0. The van der Waals surface area contributed by atoms with Crippen molar-refractivity contribution in [3.8, 4) is 0 Å². The number of aromatic nitrogens is 1. The molecule has 0 spiro atoms. The van der Waals surface area contributed by atoms with Crippen molar-refractivity contribution in [1.29, 1.82) is 0 Å². The summed E-state index contributed by atoms with van der Waals surface area (Å²) in [6.45, 7) is 3.03. The number of nitrogens with zero attached hydrogens (tertiary/aromatic N) is 1. The molecule has 2 N–H and O–H groups in total. The van der Waals surface area contributed by atoms with Gasteiger partial charge in [0.05, 0.1) is 0 Å². The van der Waals surface area contributed by atoms with Crippen LogP contribution in [0.2, 0.25) is 0 Å². The van der Waals surface area contributed by atoms with Gasteiger partial charge in [0.15, 0.2) is 0 Å². The van der Waals surface area contributed by atoms with Crippen molar-refractivity contribution in [2.24, 2.45) is 5.73 Å². The predicted octanol–water partition coefficient (Wildman–Crippen LogP) is 2.29. The van der Waals surface area contributed by atoms with Crippen LogP contribution >= 0.6 is 0 Å². The van der Waals surface area contributed by atoms with E-state index in [1.165, 1.54) is 26.0 Å². The Morgan fingerprint density at radius 2 is 1.86 bits per heavy atom. The second kappa shape index (κ2) is 3.24. The van der Waals surface area contributed by atoms with Gasteiger partial charge in [-0.1, -0.05) is 6.07 Å². The van der Waals surface area contributed by atoms with Crippen LogP contribution in [0, 0.1) is 0 Å². The van der Waals surface area contributed by atoms with Crippen molar-refractivity contribution >= 4 is 0 Å². The molecular formula is C9H11F3N2. The number of rotatable bonds is 1. The Balaban J connectivity index is 3.31. The molecule has 14 heavy (non-hydrogen) atoms. The summed E-state index contributed by atoms with van der Waals surface area (Å²) in [4.78, 5) is 3.31. The summed E-state index contributed by atoms with van der Waals surface area (Å²) in [5.41, 5.74) is 3.67. The van der Waals surface area contributed by atoms with E-state index in [-0.39, 0.29) is 5.56 Å². The van der Waals surface area contributed by atoms with Gasteiger partial charge in [-0.2, -0.15) is 13.2 Å². The van der Waals surface area contributed by atoms with Crippen molar-refractivity contribution < 1.29 is 13.2 Å². The van der Waals surface area contributed by atoms with E-state index in [2.05, 4.69) is 4.98 Å². The van der Waals surface area contributed by atoms with Crippen LogP contribution < -0.4 is 5.73 Å². The third kappa shape index (κ3) is 2.23. The molecule has 1 aromatic heterocycles. The quantitative estimate of drug-likeness (QED) is 0.762. The maximum absolute atomic E-state index is 12.5. The van der Waals surface area contributed by atoms with E-state index in [4.69, 9.17) is 5.73 Å². The molecule has 0 aliphatic carbocycles. The molecule has 0 unspecified atom stereocenters. The average Bonchev–Trinajstić information content (AvgIpc) is 2.01. The fourth-order valence-corrected chi connectivity index (χ4v) is 1.15. The van der Waals surface area contributed by atoms with Gasteiger partial charge in [-0.3, -0.25) is 4.98 Å². The van der Waals surface area contributed by atoms with E-state index < -0.39 is 17.4 Å². The molecule has 1 rings (SSSR count). The van der Waals surface area contributed by atoms with Crippen LogP contribution in [0.3, 0.4) is 0 Å². The van der Waals surface area contributed by atoms with Gasteiger partial charge in [-0.25, -0.2) is 0 Å². The highest BCUT2D eigenvalue weighted by Crippen LogP contribution is 2.33. The van der Waals surface area contributed by atoms with E-state index in [1.807, 2.05) is 0 Å². The van der Waals surface area contributed by atoms with Crippen LogP contribution in [-0.4, -0.2) is 4.98 Å². The third-order valence-corrected chi connectivity index (χ3v) is 1.77. The van der Waals surface area contributed by atoms with Crippen molar-refractivity contribution in [2.75, 3.05) is 0 Å². The second-order valence-corrected chi connectivity index (χ2v) is 3.62. The minimum Gasteiger partial charge on any atom is -0.322 e. The molecule has 0 aromatic carbocycles. The highest BCUT2D eigenvalue weighted by atomic mass is 19.4. The molecule has 0 atom stereocenters. The summed E-state index contributed by atoms with van der Waals surface area (Å²) < 4.78 is 37.4. The van der Waals surface area contributed by atoms with Crippen LogP contribution in [0.25, 0.3) is 0 Å². The van der Waals surface area contributed by atoms with Gasteiger partial charge in [-0.05, 0) is 19.9 Å². The molecule has 78 valence electrons. The van der Waals surface area contributed by atoms with Crippen molar-refractivity contribution in [3.63, 3.8) is 0 Å². The summed E-state index contributed by atoms with van der Waals surface area (Å²) in [6.07, 6.45) is -3.34. The summed E-state index contributed by atoms with van der Waals surface area (Å²) >= 11 is 0. The average molecular weight is 204 g/mol. The highest BCUT2D eigenvalue weighted by molar-refractivity contribution is 5.28. The summed E-state index contributed by atoms with van der Waals surface area (Å²) in [7, 11) is 0. The Kier molecular flexibility index (Phi) is 2.54. The van der Waals surface area contributed by atoms with Crippen LogP contribution in [-0.2, 0) is 11.7 Å². The molecule has 5 heteroatoms. The first-order valence-corrected chi connectivity index (χ1v) is 4.04. The first-order valence-electron chi connectivity index (χ1n) is 4.04. The molecule has 0 radical (unpaired) electrons. The Labute approximate surface area is 79.9 Å². The maximum Gasteiger partial charge on any atom is 0.433 e. The smallest absolute Gasteiger partial charge is 0.322 e. The van der Waals surface area contributed by atoms with Crippen LogP contribution in [0.15, 0.2) is 18.3 Å². The zero-order valence-electron chi connectivity index (χ0n) is 7.89. The first-order chi connectivity index (χ1) is 6.23. The highest BCUT2D eigenvalue weighted by Gasteiger charge is 2.37. The lowest BCUT2D eigenvalue weighted by Gasteiger charge is -2.22. The molecular weight excluding hydrogens is 193 g/mol. The van der Waals surface area contributed by atoms with E-state index >= 15 is 0 Å². The minimum atomic E-state index is -4.45. The lowest BCUT2D eigenvalue weighted by molar-refractivity contribution is -0.142. The van der Waals surface area contributed by atoms with Crippen molar-refractivity contribution in [1.82, 2.24) is 4.98 Å². The topological polar surface area (TPSA) is 38.9 Å². The molecule has 0 aliphatic heterocycles. The fourth-order valence-electron chi connectivity index (χ4n) is 1.15. The second-order valence-electron chi connectivity index (χ2n) is 3.62. The van der Waals surface area contributed by atoms with Crippen molar-refractivity contribution in [3.05, 3.63) is 29.6 Å². The Bertz CT molecular complexity index is 293. The molecule has 1 aromatic rings. The molecule has 0 aliphatic rings. The lowest BCUT2D eigenvalue weighted by Crippen LogP contribution is -2.32. The van der Waals surface area contributed by atoms with Gasteiger partial charge >= 0.3 is 6.18 Å². The van der Waals surface area contributed by atoms with Gasteiger partial charge < -0.3 is 5.73 Å². The lowest BCUT2D eigenvalue weighted by atomic mass is 9.94. The number of alkyl halides is 3. The minimum absolute atomic E-state index is 0.00694. The Hall–Kier alpha value is -1.10. The first kappa shape index (κ1) is 11.0. The summed E-state index contributed by atoms with van der Waals surface area (Å²) in [6, 6.07) is 2.79. The molecule has 0 amide bonds. The van der Waals surface area contributed by atoms with Crippen LogP contribution in [0.4, 0.5) is 13.2 Å². The third-order valence-electron chi connectivity index (χ3n) is 1.77. The monoisotopic (exact) mass is 204 g/mol. The number of halogens is 3. The largest absolute Gasteiger partial charge is 0.433 e. The molecule has 0 bridgehead atoms. The zero-order chi connectivity index (χ0) is 11.0. The SMILES string of the molecule is CC(C)(N)c1cccnc1C(F)(F)F. The normalized spacial score (nSPS) is 13.0. The molecule has 0 fully saturated rings. The van der Waals surface area contributed by atoms with Crippen molar-refractivity contribution in [2.45, 2.75) is 25.6 Å². The fraction of sp³-hybridized carbons (Fsp3) is 0.444. The van der Waals surface area contributed by atoms with Gasteiger partial charge in [-0.15, -0.1) is 0 Å². The standard InChI is InChI=1S/C9H11F3N2/c1-8(2,13)6-4-3-5-14-7(6)9(10,11)12/h3-5H,13H2,1-2H3.